The molecule has 0 bridgehead atoms. The van der Waals surface area contributed by atoms with Crippen LogP contribution in [0.2, 0.25) is 0 Å². The molecule has 0 atom stereocenters. The van der Waals surface area contributed by atoms with Gasteiger partial charge in [0.2, 0.25) is 0 Å². The first-order chi connectivity index (χ1) is 8.25. The molecule has 0 fully saturated rings. The van der Waals surface area contributed by atoms with Gasteiger partial charge in [-0.1, -0.05) is 18.2 Å². The first-order valence-corrected chi connectivity index (χ1v) is 5.93. The van der Waals surface area contributed by atoms with Crippen LogP contribution < -0.4 is 5.32 Å². The van der Waals surface area contributed by atoms with E-state index in [2.05, 4.69) is 48.4 Å². The van der Waals surface area contributed by atoms with Crippen molar-refractivity contribution in [3.05, 3.63) is 65.2 Å². The molecule has 0 radical (unpaired) electrons. The van der Waals surface area contributed by atoms with Gasteiger partial charge in [0.05, 0.1) is 0 Å². The van der Waals surface area contributed by atoms with Crippen molar-refractivity contribution >= 4 is 0 Å². The highest BCUT2D eigenvalue weighted by molar-refractivity contribution is 5.35. The van der Waals surface area contributed by atoms with Crippen LogP contribution in [0.15, 0.2) is 53.9 Å². The summed E-state index contributed by atoms with van der Waals surface area (Å²) < 4.78 is 0. The van der Waals surface area contributed by atoms with Crippen molar-refractivity contribution in [3.63, 3.8) is 0 Å². The molecule has 88 valence electrons. The van der Waals surface area contributed by atoms with Gasteiger partial charge >= 0.3 is 0 Å². The van der Waals surface area contributed by atoms with Gasteiger partial charge in [0.25, 0.3) is 0 Å². The lowest BCUT2D eigenvalue weighted by molar-refractivity contribution is 0.960. The van der Waals surface area contributed by atoms with E-state index in [4.69, 9.17) is 0 Å². The number of rotatable bonds is 2. The molecule has 0 saturated heterocycles. The second kappa shape index (κ2) is 5.48. The van der Waals surface area contributed by atoms with Crippen LogP contribution in [0.3, 0.4) is 0 Å². The molecule has 2 nitrogen and oxygen atoms in total. The number of nitrogens with zero attached hydrogens (tertiary/aromatic N) is 1. The summed E-state index contributed by atoms with van der Waals surface area (Å²) in [5, 5.41) is 3.23. The van der Waals surface area contributed by atoms with Crippen LogP contribution in [-0.2, 0) is 6.42 Å². The van der Waals surface area contributed by atoms with Crippen LogP contribution in [-0.4, -0.2) is 11.5 Å². The number of hydrogen-bond acceptors (Lipinski definition) is 2. The first kappa shape index (κ1) is 11.6. The van der Waals surface area contributed by atoms with Crippen molar-refractivity contribution in [2.24, 2.45) is 0 Å². The highest BCUT2D eigenvalue weighted by Crippen LogP contribution is 2.14. The molecule has 1 aromatic heterocycles. The first-order valence-electron chi connectivity index (χ1n) is 5.93. The maximum absolute atomic E-state index is 4.33. The molecule has 1 aliphatic rings. The second-order valence-corrected chi connectivity index (χ2v) is 4.33. The van der Waals surface area contributed by atoms with Gasteiger partial charge in [-0.15, -0.1) is 0 Å². The van der Waals surface area contributed by atoms with Gasteiger partial charge in [-0.25, -0.2) is 0 Å². The Hall–Kier alpha value is -1.83. The second-order valence-electron chi connectivity index (χ2n) is 4.33. The van der Waals surface area contributed by atoms with Gasteiger partial charge in [-0.2, -0.15) is 0 Å². The Kier molecular flexibility index (Phi) is 3.76. The highest BCUT2D eigenvalue weighted by atomic mass is 14.8. The van der Waals surface area contributed by atoms with Gasteiger partial charge in [-0.3, -0.25) is 4.98 Å². The fourth-order valence-electron chi connectivity index (χ4n) is 1.90. The summed E-state index contributed by atoms with van der Waals surface area (Å²) in [5.41, 5.74) is 5.03. The zero-order chi connectivity index (χ0) is 12.1. The van der Waals surface area contributed by atoms with Gasteiger partial charge in [0.1, 0.15) is 0 Å². The summed E-state index contributed by atoms with van der Waals surface area (Å²) >= 11 is 0. The number of aromatic nitrogens is 1. The van der Waals surface area contributed by atoms with E-state index in [0.717, 1.165) is 18.7 Å². The molecule has 1 aromatic rings. The Bertz CT molecular complexity index is 481. The summed E-state index contributed by atoms with van der Waals surface area (Å²) in [5.74, 6) is 0. The fraction of sp³-hybridized carbons (Fsp3) is 0.267. The molecule has 1 N–H and O–H groups in total. The molecule has 17 heavy (non-hydrogen) atoms. The molecule has 0 saturated carbocycles. The SMILES string of the molecule is CC1=C/C(Cc2cccnc2C)=C\CN/C=C\1. The molecule has 0 unspecified atom stereocenters. The van der Waals surface area contributed by atoms with E-state index < -0.39 is 0 Å². The van der Waals surface area contributed by atoms with E-state index in [-0.39, 0.29) is 0 Å². The van der Waals surface area contributed by atoms with Crippen molar-refractivity contribution in [1.29, 1.82) is 0 Å². The number of aryl methyl sites for hydroxylation is 1. The quantitative estimate of drug-likeness (QED) is 0.838. The minimum absolute atomic E-state index is 0.884. The Morgan fingerprint density at radius 1 is 1.35 bits per heavy atom. The minimum atomic E-state index is 0.884. The van der Waals surface area contributed by atoms with Crippen LogP contribution in [0, 0.1) is 6.92 Å². The van der Waals surface area contributed by atoms with E-state index in [1.807, 2.05) is 18.5 Å². The lowest BCUT2D eigenvalue weighted by Gasteiger charge is -2.09. The Morgan fingerprint density at radius 3 is 3.06 bits per heavy atom. The smallest absolute Gasteiger partial charge is 0.0407 e. The van der Waals surface area contributed by atoms with Crippen molar-refractivity contribution in [2.45, 2.75) is 20.3 Å². The molecule has 0 aliphatic carbocycles. The molecular formula is C15H18N2. The molecule has 1 aliphatic heterocycles. The molecule has 0 spiro atoms. The third-order valence-corrected chi connectivity index (χ3v) is 2.87. The van der Waals surface area contributed by atoms with Crippen molar-refractivity contribution in [2.75, 3.05) is 6.54 Å². The number of hydrogen-bond donors (Lipinski definition) is 1. The Labute approximate surface area is 103 Å². The van der Waals surface area contributed by atoms with E-state index in [9.17, 15) is 0 Å². The minimum Gasteiger partial charge on any atom is -0.387 e. The third-order valence-electron chi connectivity index (χ3n) is 2.87. The normalized spacial score (nSPS) is 23.4. The van der Waals surface area contributed by atoms with Crippen LogP contribution >= 0.6 is 0 Å². The zero-order valence-electron chi connectivity index (χ0n) is 10.4. The van der Waals surface area contributed by atoms with Crippen molar-refractivity contribution in [3.8, 4) is 0 Å². The summed E-state index contributed by atoms with van der Waals surface area (Å²) in [7, 11) is 0. The van der Waals surface area contributed by atoms with Gasteiger partial charge in [0.15, 0.2) is 0 Å². The summed E-state index contributed by atoms with van der Waals surface area (Å²) in [4.78, 5) is 4.33. The van der Waals surface area contributed by atoms with Crippen LogP contribution in [0.1, 0.15) is 18.2 Å². The maximum Gasteiger partial charge on any atom is 0.0407 e. The number of nitrogens with one attached hydrogen (secondary N) is 1. The van der Waals surface area contributed by atoms with Gasteiger partial charge in [0, 0.05) is 18.4 Å². The fourth-order valence-corrected chi connectivity index (χ4v) is 1.90. The molecule has 2 rings (SSSR count). The summed E-state index contributed by atoms with van der Waals surface area (Å²) in [6.45, 7) is 5.07. The Balaban J connectivity index is 2.21. The van der Waals surface area contributed by atoms with E-state index in [1.165, 1.54) is 16.7 Å². The van der Waals surface area contributed by atoms with Crippen LogP contribution in [0.4, 0.5) is 0 Å². The third kappa shape index (κ3) is 3.31. The van der Waals surface area contributed by atoms with Gasteiger partial charge in [-0.05, 0) is 55.3 Å². The largest absolute Gasteiger partial charge is 0.387 e. The molecular weight excluding hydrogens is 208 g/mol. The van der Waals surface area contributed by atoms with Crippen molar-refractivity contribution in [1.82, 2.24) is 10.3 Å². The molecule has 2 heteroatoms. The lowest BCUT2D eigenvalue weighted by atomic mass is 10.0. The zero-order valence-corrected chi connectivity index (χ0v) is 10.4. The van der Waals surface area contributed by atoms with Crippen LogP contribution in [0.25, 0.3) is 0 Å². The predicted octanol–water partition coefficient (Wildman–Crippen LogP) is 2.92. The highest BCUT2D eigenvalue weighted by Gasteiger charge is 2.02. The molecule has 2 heterocycles. The summed E-state index contributed by atoms with van der Waals surface area (Å²) in [6, 6.07) is 4.15. The monoisotopic (exact) mass is 226 g/mol. The summed E-state index contributed by atoms with van der Waals surface area (Å²) in [6.07, 6.45) is 11.4. The average Bonchev–Trinajstić information content (AvgIpc) is 2.28. The topological polar surface area (TPSA) is 24.9 Å². The Morgan fingerprint density at radius 2 is 2.24 bits per heavy atom. The van der Waals surface area contributed by atoms with Gasteiger partial charge < -0.3 is 5.32 Å². The van der Waals surface area contributed by atoms with Crippen LogP contribution in [0.5, 0.6) is 0 Å². The van der Waals surface area contributed by atoms with E-state index in [0.29, 0.717) is 0 Å². The van der Waals surface area contributed by atoms with Crippen molar-refractivity contribution < 1.29 is 0 Å². The average molecular weight is 226 g/mol. The maximum atomic E-state index is 4.33. The van der Waals surface area contributed by atoms with E-state index in [1.54, 1.807) is 0 Å². The molecule has 0 aromatic carbocycles. The molecule has 0 amide bonds. The van der Waals surface area contributed by atoms with E-state index >= 15 is 0 Å². The number of allylic oxidation sites excluding steroid dienone is 4. The number of pyridine rings is 1. The lowest BCUT2D eigenvalue weighted by Crippen LogP contribution is -2.07. The standard InChI is InChI=1S/C15H18N2/c1-12-5-8-16-9-6-14(10-12)11-15-4-3-7-17-13(15)2/h3-8,10,16H,9,11H2,1-2H3/b8-5-,12-10-,14-6+. The predicted molar refractivity (Wildman–Crippen MR) is 71.7 cm³/mol.